The van der Waals surface area contributed by atoms with Crippen LogP contribution in [-0.4, -0.2) is 56.7 Å². The van der Waals surface area contributed by atoms with Crippen molar-refractivity contribution < 1.29 is 24.3 Å². The molecule has 4 unspecified atom stereocenters. The molecular weight excluding hydrogens is 372 g/mol. The number of hydrogen-bond acceptors (Lipinski definition) is 4. The summed E-state index contributed by atoms with van der Waals surface area (Å²) in [5.41, 5.74) is -0.886. The number of carboxylic acid groups (broad SMARTS) is 1. The Balaban J connectivity index is 1.83. The zero-order valence-corrected chi connectivity index (χ0v) is 16.4. The molecule has 3 amide bonds. The Kier molecular flexibility index (Phi) is 4.56. The highest BCUT2D eigenvalue weighted by atomic mass is 16.4. The highest BCUT2D eigenvalue weighted by Crippen LogP contribution is 2.51. The molecule has 0 spiro atoms. The second-order valence-corrected chi connectivity index (χ2v) is 8.12. The zero-order chi connectivity index (χ0) is 20.9. The van der Waals surface area contributed by atoms with Gasteiger partial charge in [0.25, 0.3) is 0 Å². The molecule has 1 aromatic rings. The average molecular weight is 396 g/mol. The van der Waals surface area contributed by atoms with Crippen LogP contribution in [0.15, 0.2) is 36.4 Å². The van der Waals surface area contributed by atoms with Gasteiger partial charge in [-0.1, -0.05) is 42.5 Å². The number of carbonyl (C=O) groups excluding carboxylic acids is 3. The van der Waals surface area contributed by atoms with E-state index in [0.29, 0.717) is 12.8 Å². The van der Waals surface area contributed by atoms with E-state index >= 15 is 0 Å². The highest BCUT2D eigenvalue weighted by molar-refractivity contribution is 6.10. The number of nitrogens with zero attached hydrogens (tertiary/aromatic N) is 2. The van der Waals surface area contributed by atoms with Crippen LogP contribution in [0.3, 0.4) is 0 Å². The van der Waals surface area contributed by atoms with Crippen LogP contribution in [0.4, 0.5) is 0 Å². The van der Waals surface area contributed by atoms with Crippen LogP contribution in [0, 0.1) is 17.8 Å². The summed E-state index contributed by atoms with van der Waals surface area (Å²) < 4.78 is 0. The number of benzene rings is 1. The molecule has 1 N–H and O–H groups in total. The van der Waals surface area contributed by atoms with Crippen LogP contribution in [0.2, 0.25) is 0 Å². The number of likely N-dealkylation sites (tertiary alicyclic amines) is 2. The van der Waals surface area contributed by atoms with Crippen molar-refractivity contribution in [2.45, 2.75) is 38.3 Å². The summed E-state index contributed by atoms with van der Waals surface area (Å²) >= 11 is 0. The Morgan fingerprint density at radius 2 is 1.83 bits per heavy atom. The fourth-order valence-corrected chi connectivity index (χ4v) is 4.74. The van der Waals surface area contributed by atoms with Gasteiger partial charge in [0.15, 0.2) is 5.54 Å². The van der Waals surface area contributed by atoms with Gasteiger partial charge >= 0.3 is 5.97 Å². The lowest BCUT2D eigenvalue weighted by atomic mass is 9.81. The van der Waals surface area contributed by atoms with Gasteiger partial charge in [-0.05, 0) is 32.3 Å². The maximum Gasteiger partial charge on any atom is 0.330 e. The number of hydrogen-bond donors (Lipinski definition) is 1. The first-order valence-corrected chi connectivity index (χ1v) is 9.97. The third kappa shape index (κ3) is 2.79. The fourth-order valence-electron chi connectivity index (χ4n) is 4.74. The maximum atomic E-state index is 13.1. The molecule has 1 aliphatic carbocycles. The van der Waals surface area contributed by atoms with Crippen LogP contribution in [0.1, 0.15) is 32.3 Å². The van der Waals surface area contributed by atoms with E-state index in [9.17, 15) is 24.3 Å². The van der Waals surface area contributed by atoms with Gasteiger partial charge in [0.2, 0.25) is 17.7 Å². The summed E-state index contributed by atoms with van der Waals surface area (Å²) in [4.78, 5) is 54.0. The molecule has 2 aliphatic heterocycles. The number of fused-ring (bicyclic) bond motifs is 1. The molecule has 1 aromatic carbocycles. The van der Waals surface area contributed by atoms with Crippen molar-refractivity contribution in [3.63, 3.8) is 0 Å². The van der Waals surface area contributed by atoms with E-state index in [-0.39, 0.29) is 18.4 Å². The number of carboxylic acids is 1. The first-order chi connectivity index (χ1) is 13.8. The first kappa shape index (κ1) is 19.4. The van der Waals surface area contributed by atoms with E-state index in [4.69, 9.17) is 0 Å². The van der Waals surface area contributed by atoms with Gasteiger partial charge in [0.05, 0.1) is 17.9 Å². The minimum atomic E-state index is -1.76. The molecule has 7 heteroatoms. The molecule has 4 atom stereocenters. The fraction of sp³-hybridized carbons (Fsp3) is 0.455. The van der Waals surface area contributed by atoms with Crippen LogP contribution >= 0.6 is 0 Å². The van der Waals surface area contributed by atoms with E-state index in [2.05, 4.69) is 0 Å². The monoisotopic (exact) mass is 396 g/mol. The molecule has 7 nitrogen and oxygen atoms in total. The van der Waals surface area contributed by atoms with Crippen LogP contribution < -0.4 is 0 Å². The molecular formula is C22H24N2O5. The van der Waals surface area contributed by atoms with Crippen molar-refractivity contribution in [2.24, 2.45) is 17.8 Å². The van der Waals surface area contributed by atoms with Crippen molar-refractivity contribution in [1.29, 1.82) is 0 Å². The van der Waals surface area contributed by atoms with E-state index < -0.39 is 41.2 Å². The van der Waals surface area contributed by atoms with Gasteiger partial charge in [0, 0.05) is 12.5 Å². The number of imide groups is 1. The lowest BCUT2D eigenvalue weighted by Crippen LogP contribution is -2.59. The normalized spacial score (nSPS) is 31.6. The Hall–Kier alpha value is -2.96. The van der Waals surface area contributed by atoms with Gasteiger partial charge in [-0.25, -0.2) is 4.79 Å². The van der Waals surface area contributed by atoms with Crippen molar-refractivity contribution in [3.8, 4) is 0 Å². The number of rotatable bonds is 5. The Bertz CT molecular complexity index is 907. The second kappa shape index (κ2) is 6.83. The Morgan fingerprint density at radius 3 is 2.38 bits per heavy atom. The van der Waals surface area contributed by atoms with Crippen molar-refractivity contribution in [2.75, 3.05) is 6.54 Å². The van der Waals surface area contributed by atoms with Crippen molar-refractivity contribution in [1.82, 2.24) is 9.80 Å². The number of carbonyl (C=O) groups is 4. The predicted octanol–water partition coefficient (Wildman–Crippen LogP) is 1.78. The molecule has 3 fully saturated rings. The first-order valence-electron chi connectivity index (χ1n) is 9.97. The molecule has 152 valence electrons. The van der Waals surface area contributed by atoms with Gasteiger partial charge in [-0.2, -0.15) is 0 Å². The molecule has 0 radical (unpaired) electrons. The SMILES string of the molecule is CCN1C(=O)C2C(C=Cc3ccccc3)N(C(=O)C3CC3)C(C)(C(=O)O)C2C1=O. The third-order valence-corrected chi connectivity index (χ3v) is 6.41. The van der Waals surface area contributed by atoms with E-state index in [1.54, 1.807) is 19.1 Å². The quantitative estimate of drug-likeness (QED) is 0.766. The Morgan fingerprint density at radius 1 is 1.17 bits per heavy atom. The van der Waals surface area contributed by atoms with E-state index in [0.717, 1.165) is 10.5 Å². The summed E-state index contributed by atoms with van der Waals surface area (Å²) in [6, 6.07) is 8.61. The molecule has 0 bridgehead atoms. The molecule has 0 aromatic heterocycles. The van der Waals surface area contributed by atoms with Crippen LogP contribution in [0.5, 0.6) is 0 Å². The van der Waals surface area contributed by atoms with Gasteiger partial charge in [0.1, 0.15) is 0 Å². The smallest absolute Gasteiger partial charge is 0.330 e. The van der Waals surface area contributed by atoms with Crippen LogP contribution in [-0.2, 0) is 19.2 Å². The largest absolute Gasteiger partial charge is 0.479 e. The zero-order valence-electron chi connectivity index (χ0n) is 16.4. The lowest BCUT2D eigenvalue weighted by Gasteiger charge is -2.37. The van der Waals surface area contributed by atoms with Gasteiger partial charge < -0.3 is 10.0 Å². The maximum absolute atomic E-state index is 13.1. The molecule has 1 saturated carbocycles. The summed E-state index contributed by atoms with van der Waals surface area (Å²) in [5.74, 6) is -4.63. The summed E-state index contributed by atoms with van der Waals surface area (Å²) in [7, 11) is 0. The van der Waals surface area contributed by atoms with Gasteiger partial charge in [-0.3, -0.25) is 19.3 Å². The second-order valence-electron chi connectivity index (χ2n) is 8.12. The van der Waals surface area contributed by atoms with E-state index in [1.165, 1.54) is 11.8 Å². The summed E-state index contributed by atoms with van der Waals surface area (Å²) in [6.07, 6.45) is 4.91. The van der Waals surface area contributed by atoms with Crippen molar-refractivity contribution in [3.05, 3.63) is 42.0 Å². The predicted molar refractivity (Wildman–Crippen MR) is 104 cm³/mol. The molecule has 3 aliphatic rings. The third-order valence-electron chi connectivity index (χ3n) is 6.41. The average Bonchev–Trinajstić information content (AvgIpc) is 3.47. The summed E-state index contributed by atoms with van der Waals surface area (Å²) in [6.45, 7) is 3.29. The van der Waals surface area contributed by atoms with Gasteiger partial charge in [-0.15, -0.1) is 0 Å². The topological polar surface area (TPSA) is 95.0 Å². The van der Waals surface area contributed by atoms with Crippen LogP contribution in [0.25, 0.3) is 6.08 Å². The van der Waals surface area contributed by atoms with E-state index in [1.807, 2.05) is 30.3 Å². The standard InChI is InChI=1S/C22H24N2O5/c1-3-23-19(26)16-15(12-9-13-7-5-4-6-8-13)24(18(25)14-10-11-14)22(2,21(28)29)17(16)20(23)27/h4-9,12,14-17H,3,10-11H2,1-2H3,(H,28,29). The molecule has 4 rings (SSSR count). The minimum absolute atomic E-state index is 0.187. The minimum Gasteiger partial charge on any atom is -0.479 e. The molecule has 2 saturated heterocycles. The van der Waals surface area contributed by atoms with Crippen molar-refractivity contribution >= 4 is 29.8 Å². The molecule has 2 heterocycles. The highest BCUT2D eigenvalue weighted by Gasteiger charge is 2.71. The number of amides is 3. The molecule has 29 heavy (non-hydrogen) atoms. The Labute approximate surface area is 169 Å². The lowest BCUT2D eigenvalue weighted by molar-refractivity contribution is -0.162. The number of aliphatic carboxylic acids is 1. The summed E-state index contributed by atoms with van der Waals surface area (Å²) in [5, 5.41) is 10.1.